The van der Waals surface area contributed by atoms with Crippen LogP contribution in [0.2, 0.25) is 0 Å². The Balaban J connectivity index is 1.73. The van der Waals surface area contributed by atoms with Gasteiger partial charge in [0.05, 0.1) is 23.8 Å². The van der Waals surface area contributed by atoms with Gasteiger partial charge in [0.25, 0.3) is 5.91 Å². The van der Waals surface area contributed by atoms with Crippen molar-refractivity contribution in [3.8, 4) is 0 Å². The summed E-state index contributed by atoms with van der Waals surface area (Å²) >= 11 is 0. The number of aryl methyl sites for hydroxylation is 1. The van der Waals surface area contributed by atoms with E-state index in [0.29, 0.717) is 43.9 Å². The molecule has 0 unspecified atom stereocenters. The maximum absolute atomic E-state index is 13.3. The fourth-order valence-electron chi connectivity index (χ4n) is 3.95. The largest absolute Gasteiger partial charge is 0.379 e. The van der Waals surface area contributed by atoms with Gasteiger partial charge in [-0.2, -0.15) is 4.31 Å². The number of hydrogen-bond acceptors (Lipinski definition) is 4. The summed E-state index contributed by atoms with van der Waals surface area (Å²) in [5.74, 6) is -0.252. The van der Waals surface area contributed by atoms with E-state index in [1.54, 1.807) is 24.1 Å². The van der Waals surface area contributed by atoms with Crippen molar-refractivity contribution in [1.29, 1.82) is 0 Å². The first-order chi connectivity index (χ1) is 14.9. The third-order valence-corrected chi connectivity index (χ3v) is 7.70. The van der Waals surface area contributed by atoms with Crippen molar-refractivity contribution in [3.63, 3.8) is 0 Å². The number of amides is 1. The Hall–Kier alpha value is -2.74. The number of nitrogens with zero attached hydrogens (tertiary/aromatic N) is 2. The molecular weight excluding hydrogens is 412 g/mol. The highest BCUT2D eigenvalue weighted by molar-refractivity contribution is 7.89. The average Bonchev–Trinajstić information content (AvgIpc) is 2.83. The molecule has 7 heteroatoms. The molecule has 3 aromatic carbocycles. The number of rotatable bonds is 5. The molecule has 0 atom stereocenters. The van der Waals surface area contributed by atoms with Gasteiger partial charge in [-0.3, -0.25) is 4.79 Å². The second-order valence-electron chi connectivity index (χ2n) is 7.55. The number of carbonyl (C=O) groups is 1. The first-order valence-electron chi connectivity index (χ1n) is 10.4. The van der Waals surface area contributed by atoms with E-state index in [9.17, 15) is 13.2 Å². The number of fused-ring (bicyclic) bond motifs is 1. The molecule has 1 saturated heterocycles. The topological polar surface area (TPSA) is 66.9 Å². The Bertz CT molecular complexity index is 1210. The summed E-state index contributed by atoms with van der Waals surface area (Å²) in [4.78, 5) is 15.1. The zero-order chi connectivity index (χ0) is 22.0. The van der Waals surface area contributed by atoms with E-state index in [2.05, 4.69) is 0 Å². The minimum Gasteiger partial charge on any atom is -0.379 e. The Kier molecular flexibility index (Phi) is 6.09. The van der Waals surface area contributed by atoms with Gasteiger partial charge in [0.1, 0.15) is 0 Å². The van der Waals surface area contributed by atoms with Crippen LogP contribution in [-0.4, -0.2) is 52.0 Å². The third kappa shape index (κ3) is 4.08. The number of sulfonamides is 1. The molecule has 0 spiro atoms. The minimum absolute atomic E-state index is 0.203. The van der Waals surface area contributed by atoms with Crippen molar-refractivity contribution < 1.29 is 17.9 Å². The second-order valence-corrected chi connectivity index (χ2v) is 9.46. The maximum atomic E-state index is 13.3. The lowest BCUT2D eigenvalue weighted by Crippen LogP contribution is -2.41. The van der Waals surface area contributed by atoms with Gasteiger partial charge < -0.3 is 9.64 Å². The number of anilines is 1. The van der Waals surface area contributed by atoms with Crippen LogP contribution >= 0.6 is 0 Å². The first-order valence-corrected chi connectivity index (χ1v) is 11.8. The highest BCUT2D eigenvalue weighted by atomic mass is 32.2. The maximum Gasteiger partial charge on any atom is 0.258 e. The summed E-state index contributed by atoms with van der Waals surface area (Å²) in [6, 6.07) is 18.7. The van der Waals surface area contributed by atoms with Crippen molar-refractivity contribution in [3.05, 3.63) is 71.8 Å². The van der Waals surface area contributed by atoms with Gasteiger partial charge in [0.15, 0.2) is 0 Å². The Morgan fingerprint density at radius 1 is 1.03 bits per heavy atom. The summed E-state index contributed by atoms with van der Waals surface area (Å²) in [6.07, 6.45) is 0.562. The first kappa shape index (κ1) is 21.5. The number of carbonyl (C=O) groups excluding carboxylic acids is 1. The molecule has 1 amide bonds. The number of benzene rings is 3. The monoisotopic (exact) mass is 438 g/mol. The van der Waals surface area contributed by atoms with Crippen molar-refractivity contribution in [2.75, 3.05) is 38.3 Å². The van der Waals surface area contributed by atoms with Crippen LogP contribution in [0.4, 0.5) is 5.69 Å². The number of ether oxygens (including phenoxy) is 1. The molecule has 31 heavy (non-hydrogen) atoms. The normalized spacial score (nSPS) is 15.2. The van der Waals surface area contributed by atoms with Crippen LogP contribution in [0.5, 0.6) is 0 Å². The van der Waals surface area contributed by atoms with Crippen molar-refractivity contribution >= 4 is 32.4 Å². The van der Waals surface area contributed by atoms with Crippen molar-refractivity contribution in [1.82, 2.24) is 4.31 Å². The predicted octanol–water partition coefficient (Wildman–Crippen LogP) is 3.70. The van der Waals surface area contributed by atoms with Crippen molar-refractivity contribution in [2.45, 2.75) is 18.2 Å². The fraction of sp³-hybridized carbons (Fsp3) is 0.292. The Labute approximate surface area is 183 Å². The molecule has 4 rings (SSSR count). The Morgan fingerprint density at radius 3 is 2.48 bits per heavy atom. The van der Waals surface area contributed by atoms with Crippen LogP contribution in [0.25, 0.3) is 10.8 Å². The zero-order valence-electron chi connectivity index (χ0n) is 17.7. The molecule has 0 bridgehead atoms. The van der Waals surface area contributed by atoms with Crippen LogP contribution in [-0.2, 0) is 21.2 Å². The van der Waals surface area contributed by atoms with Gasteiger partial charge in [-0.15, -0.1) is 0 Å². The molecule has 0 radical (unpaired) electrons. The molecule has 1 aliphatic heterocycles. The van der Waals surface area contributed by atoms with Gasteiger partial charge in [0.2, 0.25) is 10.0 Å². The second kappa shape index (κ2) is 8.78. The SMILES string of the molecule is CCc1ccc(C(=O)N(C)c2cccc3ccccc23)cc1S(=O)(=O)N1CCOCC1. The summed E-state index contributed by atoms with van der Waals surface area (Å²) in [7, 11) is -1.99. The molecule has 162 valence electrons. The van der Waals surface area contributed by atoms with Crippen LogP contribution in [0.3, 0.4) is 0 Å². The van der Waals surface area contributed by atoms with E-state index in [0.717, 1.165) is 16.5 Å². The average molecular weight is 439 g/mol. The Morgan fingerprint density at radius 2 is 1.74 bits per heavy atom. The van der Waals surface area contributed by atoms with Crippen molar-refractivity contribution in [2.24, 2.45) is 0 Å². The van der Waals surface area contributed by atoms with E-state index in [1.165, 1.54) is 10.4 Å². The summed E-state index contributed by atoms with van der Waals surface area (Å²) in [5.41, 5.74) is 1.83. The van der Waals surface area contributed by atoms with Gasteiger partial charge in [-0.05, 0) is 35.6 Å². The summed E-state index contributed by atoms with van der Waals surface area (Å²) < 4.78 is 33.3. The van der Waals surface area contributed by atoms with Gasteiger partial charge in [-0.1, -0.05) is 49.4 Å². The van der Waals surface area contributed by atoms with E-state index >= 15 is 0 Å². The standard InChI is InChI=1S/C24H26N2O4S/c1-3-18-11-12-20(17-23(18)31(28,29)26-13-15-30-16-14-26)24(27)25(2)22-10-6-8-19-7-4-5-9-21(19)22/h4-12,17H,3,13-16H2,1-2H3. The quantitative estimate of drug-likeness (QED) is 0.609. The fourth-order valence-corrected chi connectivity index (χ4v) is 5.68. The van der Waals surface area contributed by atoms with Crippen LogP contribution in [0, 0.1) is 0 Å². The lowest BCUT2D eigenvalue weighted by molar-refractivity contribution is 0.0730. The highest BCUT2D eigenvalue weighted by Crippen LogP contribution is 2.28. The molecule has 0 aliphatic carbocycles. The van der Waals surface area contributed by atoms with Crippen LogP contribution in [0.1, 0.15) is 22.8 Å². The molecule has 0 aromatic heterocycles. The lowest BCUT2D eigenvalue weighted by atomic mass is 10.1. The molecule has 0 N–H and O–H groups in total. The van der Waals surface area contributed by atoms with Crippen LogP contribution < -0.4 is 4.90 Å². The lowest BCUT2D eigenvalue weighted by Gasteiger charge is -2.27. The molecule has 6 nitrogen and oxygen atoms in total. The predicted molar refractivity (Wildman–Crippen MR) is 122 cm³/mol. The molecule has 1 heterocycles. The highest BCUT2D eigenvalue weighted by Gasteiger charge is 2.29. The van der Waals surface area contributed by atoms with E-state index in [1.807, 2.05) is 49.4 Å². The molecule has 1 fully saturated rings. The molecule has 1 aliphatic rings. The van der Waals surface area contributed by atoms with Gasteiger partial charge in [0, 0.05) is 31.1 Å². The third-order valence-electron chi connectivity index (χ3n) is 5.72. The molecular formula is C24H26N2O4S. The van der Waals surface area contributed by atoms with Gasteiger partial charge in [-0.25, -0.2) is 8.42 Å². The molecule has 0 saturated carbocycles. The van der Waals surface area contributed by atoms with E-state index in [4.69, 9.17) is 4.74 Å². The minimum atomic E-state index is -3.70. The molecule has 3 aromatic rings. The van der Waals surface area contributed by atoms with E-state index in [-0.39, 0.29) is 10.8 Å². The zero-order valence-corrected chi connectivity index (χ0v) is 18.6. The summed E-state index contributed by atoms with van der Waals surface area (Å²) in [6.45, 7) is 3.31. The number of hydrogen-bond donors (Lipinski definition) is 0. The summed E-state index contributed by atoms with van der Waals surface area (Å²) in [5, 5.41) is 2.00. The van der Waals surface area contributed by atoms with Crippen LogP contribution in [0.15, 0.2) is 65.6 Å². The smallest absolute Gasteiger partial charge is 0.258 e. The van der Waals surface area contributed by atoms with E-state index < -0.39 is 10.0 Å². The number of morpholine rings is 1. The van der Waals surface area contributed by atoms with Gasteiger partial charge >= 0.3 is 0 Å².